The molecule has 0 bridgehead atoms. The number of thioether (sulfide) groups is 1. The standard InChI is InChI=1S/C14H15F3N4OS/c1-8(2)12-19-13(21-20-12)9-5-3-4-6-10(9)18-11(22)7-23-14(15,16)17/h3-6,8H,7H2,1-2H3,(H,18,22)(H,19,20,21). The quantitative estimate of drug-likeness (QED) is 0.866. The molecular weight excluding hydrogens is 329 g/mol. The normalized spacial score (nSPS) is 11.7. The van der Waals surface area contributed by atoms with Gasteiger partial charge in [-0.1, -0.05) is 26.0 Å². The van der Waals surface area contributed by atoms with Crippen LogP contribution in [-0.2, 0) is 4.79 Å². The lowest BCUT2D eigenvalue weighted by Gasteiger charge is -2.09. The summed E-state index contributed by atoms with van der Waals surface area (Å²) in [7, 11) is 0. The zero-order chi connectivity index (χ0) is 17.0. The fourth-order valence-corrected chi connectivity index (χ4v) is 2.14. The van der Waals surface area contributed by atoms with Crippen molar-refractivity contribution < 1.29 is 18.0 Å². The Balaban J connectivity index is 2.15. The number of nitrogens with zero attached hydrogens (tertiary/aromatic N) is 2. The van der Waals surface area contributed by atoms with E-state index in [1.165, 1.54) is 0 Å². The Hall–Kier alpha value is -2.03. The van der Waals surface area contributed by atoms with Gasteiger partial charge < -0.3 is 5.32 Å². The van der Waals surface area contributed by atoms with Crippen LogP contribution >= 0.6 is 11.8 Å². The van der Waals surface area contributed by atoms with E-state index in [0.29, 0.717) is 22.9 Å². The number of H-pyrrole nitrogens is 1. The minimum Gasteiger partial charge on any atom is -0.325 e. The summed E-state index contributed by atoms with van der Waals surface area (Å²) in [4.78, 5) is 16.0. The molecule has 2 aromatic rings. The molecule has 1 aromatic heterocycles. The molecule has 0 saturated carbocycles. The van der Waals surface area contributed by atoms with Crippen molar-refractivity contribution in [3.05, 3.63) is 30.1 Å². The number of alkyl halides is 3. The lowest BCUT2D eigenvalue weighted by Crippen LogP contribution is -2.17. The van der Waals surface area contributed by atoms with E-state index in [-0.39, 0.29) is 17.7 Å². The van der Waals surface area contributed by atoms with Gasteiger partial charge in [-0.2, -0.15) is 18.3 Å². The van der Waals surface area contributed by atoms with Crippen LogP contribution in [0.25, 0.3) is 11.4 Å². The lowest BCUT2D eigenvalue weighted by atomic mass is 10.1. The fourth-order valence-electron chi connectivity index (χ4n) is 1.77. The Labute approximate surface area is 135 Å². The Morgan fingerprint density at radius 1 is 1.35 bits per heavy atom. The fraction of sp³-hybridized carbons (Fsp3) is 0.357. The maximum absolute atomic E-state index is 12.1. The van der Waals surface area contributed by atoms with Gasteiger partial charge in [0.1, 0.15) is 5.82 Å². The molecule has 23 heavy (non-hydrogen) atoms. The van der Waals surface area contributed by atoms with Gasteiger partial charge in [-0.3, -0.25) is 9.89 Å². The van der Waals surface area contributed by atoms with Crippen molar-refractivity contribution in [1.82, 2.24) is 15.2 Å². The van der Waals surface area contributed by atoms with Crippen molar-refractivity contribution in [3.8, 4) is 11.4 Å². The summed E-state index contributed by atoms with van der Waals surface area (Å²) < 4.78 is 36.4. The van der Waals surface area contributed by atoms with Gasteiger partial charge in [0, 0.05) is 11.5 Å². The van der Waals surface area contributed by atoms with Gasteiger partial charge in [0.05, 0.1) is 11.4 Å². The second kappa shape index (κ2) is 7.03. The molecule has 124 valence electrons. The largest absolute Gasteiger partial charge is 0.442 e. The Kier molecular flexibility index (Phi) is 5.30. The molecule has 9 heteroatoms. The van der Waals surface area contributed by atoms with E-state index in [2.05, 4.69) is 20.5 Å². The zero-order valence-corrected chi connectivity index (χ0v) is 13.3. The number of rotatable bonds is 5. The molecule has 0 radical (unpaired) electrons. The smallest absolute Gasteiger partial charge is 0.325 e. The molecule has 0 aliphatic rings. The van der Waals surface area contributed by atoms with E-state index in [1.807, 2.05) is 13.8 Å². The van der Waals surface area contributed by atoms with Crippen molar-refractivity contribution in [2.24, 2.45) is 0 Å². The molecule has 1 heterocycles. The Morgan fingerprint density at radius 3 is 2.65 bits per heavy atom. The Bertz CT molecular complexity index is 685. The van der Waals surface area contributed by atoms with Gasteiger partial charge in [-0.15, -0.1) is 0 Å². The van der Waals surface area contributed by atoms with Gasteiger partial charge in [-0.05, 0) is 23.9 Å². The third-order valence-corrected chi connectivity index (χ3v) is 3.59. The van der Waals surface area contributed by atoms with Crippen LogP contribution in [0.5, 0.6) is 0 Å². The highest BCUT2D eigenvalue weighted by Gasteiger charge is 2.29. The van der Waals surface area contributed by atoms with Crippen LogP contribution in [0.3, 0.4) is 0 Å². The predicted molar refractivity (Wildman–Crippen MR) is 83.1 cm³/mol. The Morgan fingerprint density at radius 2 is 2.04 bits per heavy atom. The number of carbonyl (C=O) groups is 1. The molecule has 0 aliphatic carbocycles. The van der Waals surface area contributed by atoms with E-state index in [4.69, 9.17) is 0 Å². The second-order valence-corrected chi connectivity index (χ2v) is 6.07. The highest BCUT2D eigenvalue weighted by Crippen LogP contribution is 2.31. The van der Waals surface area contributed by atoms with E-state index in [9.17, 15) is 18.0 Å². The molecule has 0 atom stereocenters. The van der Waals surface area contributed by atoms with Crippen molar-refractivity contribution in [2.45, 2.75) is 25.3 Å². The molecule has 5 nitrogen and oxygen atoms in total. The summed E-state index contributed by atoms with van der Waals surface area (Å²) in [5.41, 5.74) is -3.53. The molecule has 1 aromatic carbocycles. The highest BCUT2D eigenvalue weighted by molar-refractivity contribution is 8.00. The number of hydrogen-bond donors (Lipinski definition) is 2. The van der Waals surface area contributed by atoms with Gasteiger partial charge >= 0.3 is 5.51 Å². The molecule has 0 aliphatic heterocycles. The summed E-state index contributed by atoms with van der Waals surface area (Å²) in [6, 6.07) is 6.70. The summed E-state index contributed by atoms with van der Waals surface area (Å²) in [6.07, 6.45) is 0. The number of amides is 1. The molecular formula is C14H15F3N4OS. The van der Waals surface area contributed by atoms with Crippen LogP contribution in [-0.4, -0.2) is 32.3 Å². The van der Waals surface area contributed by atoms with Gasteiger partial charge in [-0.25, -0.2) is 4.98 Å². The summed E-state index contributed by atoms with van der Waals surface area (Å²) in [6.45, 7) is 3.90. The number of benzene rings is 1. The number of halogens is 3. The van der Waals surface area contributed by atoms with Crippen molar-refractivity contribution in [3.63, 3.8) is 0 Å². The topological polar surface area (TPSA) is 70.7 Å². The van der Waals surface area contributed by atoms with Crippen molar-refractivity contribution >= 4 is 23.4 Å². The van der Waals surface area contributed by atoms with Crippen LogP contribution in [0.4, 0.5) is 18.9 Å². The molecule has 0 unspecified atom stereocenters. The van der Waals surface area contributed by atoms with Crippen molar-refractivity contribution in [1.29, 1.82) is 0 Å². The molecule has 0 saturated heterocycles. The third kappa shape index (κ3) is 4.98. The average Bonchev–Trinajstić information content (AvgIpc) is 2.95. The molecule has 2 N–H and O–H groups in total. The first kappa shape index (κ1) is 17.3. The van der Waals surface area contributed by atoms with Gasteiger partial charge in [0.25, 0.3) is 0 Å². The lowest BCUT2D eigenvalue weighted by molar-refractivity contribution is -0.114. The SMILES string of the molecule is CC(C)c1nc(-c2ccccc2NC(=O)CSC(F)(F)F)n[nH]1. The minimum atomic E-state index is -4.44. The van der Waals surface area contributed by atoms with Crippen LogP contribution in [0.1, 0.15) is 25.6 Å². The first-order valence-corrected chi connectivity index (χ1v) is 7.77. The second-order valence-electron chi connectivity index (χ2n) is 5.03. The number of carbonyl (C=O) groups excluding carboxylic acids is 1. The van der Waals surface area contributed by atoms with Crippen LogP contribution in [0, 0.1) is 0 Å². The summed E-state index contributed by atoms with van der Waals surface area (Å²) in [5, 5.41) is 9.36. The number of para-hydroxylation sites is 1. The molecule has 2 rings (SSSR count). The van der Waals surface area contributed by atoms with Crippen LogP contribution < -0.4 is 5.32 Å². The van der Waals surface area contributed by atoms with Gasteiger partial charge in [0.2, 0.25) is 5.91 Å². The highest BCUT2D eigenvalue weighted by atomic mass is 32.2. The summed E-state index contributed by atoms with van der Waals surface area (Å²) >= 11 is -0.379. The van der Waals surface area contributed by atoms with Crippen LogP contribution in [0.2, 0.25) is 0 Å². The van der Waals surface area contributed by atoms with Gasteiger partial charge in [0.15, 0.2) is 5.82 Å². The van der Waals surface area contributed by atoms with E-state index < -0.39 is 17.2 Å². The first-order valence-electron chi connectivity index (χ1n) is 6.78. The molecule has 0 fully saturated rings. The average molecular weight is 344 g/mol. The maximum atomic E-state index is 12.1. The van der Waals surface area contributed by atoms with E-state index in [1.54, 1.807) is 24.3 Å². The molecule has 1 amide bonds. The zero-order valence-electron chi connectivity index (χ0n) is 12.4. The first-order chi connectivity index (χ1) is 10.8. The van der Waals surface area contributed by atoms with Crippen molar-refractivity contribution in [2.75, 3.05) is 11.1 Å². The van der Waals surface area contributed by atoms with E-state index >= 15 is 0 Å². The van der Waals surface area contributed by atoms with Crippen LogP contribution in [0.15, 0.2) is 24.3 Å². The minimum absolute atomic E-state index is 0.154. The number of anilines is 1. The number of nitrogens with one attached hydrogen (secondary N) is 2. The third-order valence-electron chi connectivity index (χ3n) is 2.86. The molecule has 0 spiro atoms. The number of hydrogen-bond acceptors (Lipinski definition) is 4. The monoisotopic (exact) mass is 344 g/mol. The summed E-state index contributed by atoms with van der Waals surface area (Å²) in [5.74, 6) is -0.217. The number of aromatic amines is 1. The maximum Gasteiger partial charge on any atom is 0.442 e. The predicted octanol–water partition coefficient (Wildman–Crippen LogP) is 3.79. The van der Waals surface area contributed by atoms with E-state index in [0.717, 1.165) is 0 Å². The number of aromatic nitrogens is 3.